The summed E-state index contributed by atoms with van der Waals surface area (Å²) >= 11 is 1.26. The van der Waals surface area contributed by atoms with Crippen LogP contribution in [0.3, 0.4) is 0 Å². The molecule has 1 saturated heterocycles. The molecule has 0 saturated carbocycles. The normalized spacial score (nSPS) is 20.4. The highest BCUT2D eigenvalue weighted by atomic mass is 32.2. The van der Waals surface area contributed by atoms with Crippen molar-refractivity contribution in [3.63, 3.8) is 0 Å². The van der Waals surface area contributed by atoms with E-state index in [9.17, 15) is 17.6 Å². The van der Waals surface area contributed by atoms with Crippen LogP contribution in [0.1, 0.15) is 21.7 Å². The third-order valence-corrected chi connectivity index (χ3v) is 7.08. The lowest BCUT2D eigenvalue weighted by molar-refractivity contribution is 0.0952. The predicted molar refractivity (Wildman–Crippen MR) is 85.6 cm³/mol. The van der Waals surface area contributed by atoms with Gasteiger partial charge in [0.05, 0.1) is 16.4 Å². The number of rotatable bonds is 3. The molecule has 2 aromatic rings. The molecule has 1 fully saturated rings. The van der Waals surface area contributed by atoms with Crippen molar-refractivity contribution in [1.82, 2.24) is 5.32 Å². The van der Waals surface area contributed by atoms with Crippen LogP contribution < -0.4 is 5.32 Å². The van der Waals surface area contributed by atoms with Crippen molar-refractivity contribution < 1.29 is 17.6 Å². The Bertz CT molecular complexity index is 842. The van der Waals surface area contributed by atoms with E-state index in [2.05, 4.69) is 5.32 Å². The van der Waals surface area contributed by atoms with Crippen molar-refractivity contribution in [2.75, 3.05) is 18.1 Å². The van der Waals surface area contributed by atoms with Gasteiger partial charge < -0.3 is 5.32 Å². The molecule has 1 aromatic carbocycles. The van der Waals surface area contributed by atoms with Crippen molar-refractivity contribution in [1.29, 1.82) is 0 Å². The first-order valence-electron chi connectivity index (χ1n) is 7.03. The van der Waals surface area contributed by atoms with Crippen LogP contribution >= 0.6 is 11.3 Å². The van der Waals surface area contributed by atoms with Crippen LogP contribution in [-0.2, 0) is 9.84 Å². The molecule has 7 heteroatoms. The molecular formula is C15H16FNO3S2. The van der Waals surface area contributed by atoms with Crippen molar-refractivity contribution in [2.24, 2.45) is 5.92 Å². The summed E-state index contributed by atoms with van der Waals surface area (Å²) in [6, 6.07) is 4.79. The molecule has 0 aliphatic carbocycles. The molecule has 1 aliphatic heterocycles. The molecule has 1 amide bonds. The molecule has 1 unspecified atom stereocenters. The first kappa shape index (κ1) is 15.4. The Morgan fingerprint density at radius 3 is 2.86 bits per heavy atom. The van der Waals surface area contributed by atoms with Gasteiger partial charge in [0.15, 0.2) is 9.84 Å². The van der Waals surface area contributed by atoms with E-state index in [1.807, 2.05) is 0 Å². The molecular weight excluding hydrogens is 325 g/mol. The van der Waals surface area contributed by atoms with Gasteiger partial charge in [0.25, 0.3) is 5.91 Å². The summed E-state index contributed by atoms with van der Waals surface area (Å²) < 4.78 is 37.4. The topological polar surface area (TPSA) is 63.2 Å². The number of amides is 1. The maximum atomic E-state index is 13.8. The number of hydrogen-bond donors (Lipinski definition) is 1. The monoisotopic (exact) mass is 341 g/mol. The van der Waals surface area contributed by atoms with Gasteiger partial charge in [-0.2, -0.15) is 0 Å². The SMILES string of the molecule is Cc1c(C(=O)NCC2CCS(=O)(=O)C2)sc2cccc(F)c12. The quantitative estimate of drug-likeness (QED) is 0.933. The Balaban J connectivity index is 1.76. The fourth-order valence-electron chi connectivity index (χ4n) is 2.82. The molecule has 22 heavy (non-hydrogen) atoms. The Labute approximate surface area is 132 Å². The zero-order valence-electron chi connectivity index (χ0n) is 12.1. The van der Waals surface area contributed by atoms with Crippen molar-refractivity contribution in [3.05, 3.63) is 34.5 Å². The van der Waals surface area contributed by atoms with E-state index in [0.717, 1.165) is 4.70 Å². The predicted octanol–water partition coefficient (Wildman–Crippen LogP) is 2.51. The van der Waals surface area contributed by atoms with Gasteiger partial charge in [0, 0.05) is 16.6 Å². The van der Waals surface area contributed by atoms with E-state index in [1.54, 1.807) is 19.1 Å². The number of carbonyl (C=O) groups excluding carboxylic acids is 1. The molecule has 4 nitrogen and oxygen atoms in total. The molecule has 118 valence electrons. The van der Waals surface area contributed by atoms with Gasteiger partial charge in [-0.25, -0.2) is 12.8 Å². The number of nitrogens with one attached hydrogen (secondary N) is 1. The maximum absolute atomic E-state index is 13.8. The maximum Gasteiger partial charge on any atom is 0.261 e. The Morgan fingerprint density at radius 1 is 1.45 bits per heavy atom. The second-order valence-electron chi connectivity index (χ2n) is 5.65. The number of fused-ring (bicyclic) bond motifs is 1. The molecule has 2 heterocycles. The highest BCUT2D eigenvalue weighted by Crippen LogP contribution is 2.32. The zero-order chi connectivity index (χ0) is 15.9. The summed E-state index contributed by atoms with van der Waals surface area (Å²) in [5.41, 5.74) is 0.634. The van der Waals surface area contributed by atoms with Crippen LogP contribution in [0, 0.1) is 18.7 Å². The molecule has 1 atom stereocenters. The van der Waals surface area contributed by atoms with Crippen molar-refractivity contribution >= 4 is 37.2 Å². The molecule has 0 radical (unpaired) electrons. The van der Waals surface area contributed by atoms with Gasteiger partial charge in [0.1, 0.15) is 5.82 Å². The van der Waals surface area contributed by atoms with Gasteiger partial charge in [-0.05, 0) is 37.0 Å². The molecule has 3 rings (SSSR count). The van der Waals surface area contributed by atoms with E-state index < -0.39 is 9.84 Å². The average Bonchev–Trinajstić information content (AvgIpc) is 2.97. The number of thiophene rings is 1. The van der Waals surface area contributed by atoms with Crippen molar-refractivity contribution in [3.8, 4) is 0 Å². The first-order valence-corrected chi connectivity index (χ1v) is 9.67. The van der Waals surface area contributed by atoms with Gasteiger partial charge in [-0.15, -0.1) is 11.3 Å². The highest BCUT2D eigenvalue weighted by Gasteiger charge is 2.28. The number of hydrogen-bond acceptors (Lipinski definition) is 4. The summed E-state index contributed by atoms with van der Waals surface area (Å²) in [6.45, 7) is 2.07. The van der Waals surface area contributed by atoms with Gasteiger partial charge >= 0.3 is 0 Å². The molecule has 1 N–H and O–H groups in total. The third kappa shape index (κ3) is 2.87. The van der Waals surface area contributed by atoms with E-state index in [-0.39, 0.29) is 29.1 Å². The summed E-state index contributed by atoms with van der Waals surface area (Å²) in [7, 11) is -2.94. The third-order valence-electron chi connectivity index (χ3n) is 3.99. The Hall–Kier alpha value is -1.47. The fraction of sp³-hybridized carbons (Fsp3) is 0.400. The average molecular weight is 341 g/mol. The summed E-state index contributed by atoms with van der Waals surface area (Å²) in [5, 5.41) is 3.27. The number of aryl methyl sites for hydroxylation is 1. The van der Waals surface area contributed by atoms with Crippen LogP contribution in [0.4, 0.5) is 4.39 Å². The van der Waals surface area contributed by atoms with Crippen LogP contribution in [0.25, 0.3) is 10.1 Å². The largest absolute Gasteiger partial charge is 0.351 e. The van der Waals surface area contributed by atoms with E-state index in [0.29, 0.717) is 28.8 Å². The molecule has 0 spiro atoms. The Morgan fingerprint density at radius 2 is 2.23 bits per heavy atom. The zero-order valence-corrected chi connectivity index (χ0v) is 13.7. The minimum atomic E-state index is -2.94. The van der Waals surface area contributed by atoms with Crippen LogP contribution in [0.5, 0.6) is 0 Å². The lowest BCUT2D eigenvalue weighted by Crippen LogP contribution is -2.29. The fourth-order valence-corrected chi connectivity index (χ4v) is 5.82. The highest BCUT2D eigenvalue weighted by molar-refractivity contribution is 7.91. The number of sulfone groups is 1. The lowest BCUT2D eigenvalue weighted by Gasteiger charge is -2.09. The number of benzene rings is 1. The van der Waals surface area contributed by atoms with Gasteiger partial charge in [-0.1, -0.05) is 6.07 Å². The lowest BCUT2D eigenvalue weighted by atomic mass is 10.1. The number of halogens is 1. The standard InChI is InChI=1S/C15H16FNO3S2/c1-9-13-11(16)3-2-4-12(13)21-14(9)15(18)17-7-10-5-6-22(19,20)8-10/h2-4,10H,5-8H2,1H3,(H,17,18). The minimum absolute atomic E-state index is 0.0274. The first-order chi connectivity index (χ1) is 10.4. The van der Waals surface area contributed by atoms with E-state index in [1.165, 1.54) is 17.4 Å². The summed E-state index contributed by atoms with van der Waals surface area (Å²) in [4.78, 5) is 12.8. The van der Waals surface area contributed by atoms with Gasteiger partial charge in [0.2, 0.25) is 0 Å². The number of carbonyl (C=O) groups is 1. The molecule has 1 aliphatic rings. The second-order valence-corrected chi connectivity index (χ2v) is 8.93. The molecule has 0 bridgehead atoms. The van der Waals surface area contributed by atoms with Crippen LogP contribution in [0.15, 0.2) is 18.2 Å². The summed E-state index contributed by atoms with van der Waals surface area (Å²) in [5.74, 6) is -0.288. The minimum Gasteiger partial charge on any atom is -0.351 e. The van der Waals surface area contributed by atoms with Crippen LogP contribution in [-0.4, -0.2) is 32.4 Å². The summed E-state index contributed by atoms with van der Waals surface area (Å²) in [6.07, 6.45) is 0.586. The van der Waals surface area contributed by atoms with E-state index in [4.69, 9.17) is 0 Å². The van der Waals surface area contributed by atoms with E-state index >= 15 is 0 Å². The van der Waals surface area contributed by atoms with Crippen LogP contribution in [0.2, 0.25) is 0 Å². The van der Waals surface area contributed by atoms with Gasteiger partial charge in [-0.3, -0.25) is 4.79 Å². The molecule has 1 aromatic heterocycles. The second kappa shape index (κ2) is 5.62. The van der Waals surface area contributed by atoms with Crippen molar-refractivity contribution in [2.45, 2.75) is 13.3 Å². The Kier molecular flexibility index (Phi) is 3.94. The smallest absolute Gasteiger partial charge is 0.261 e.